The summed E-state index contributed by atoms with van der Waals surface area (Å²) in [5.41, 5.74) is 0. The molecule has 92 valence electrons. The molecule has 0 fully saturated rings. The average Bonchev–Trinajstić information content (AvgIpc) is 2.57. The zero-order valence-corrected chi connectivity index (χ0v) is 10.1. The standard InChI is InChI=1S/C10H16N2O3.ClH/c1-9-11-4-6-12(9)5-2-3-7-15-8-10(13)14;/h4,6H,2-3,5,7-8H2,1H3,(H,13,14);1H. The quantitative estimate of drug-likeness (QED) is 0.743. The molecule has 6 heteroatoms. The van der Waals surface area contributed by atoms with E-state index in [4.69, 9.17) is 9.84 Å². The number of hydrogen-bond acceptors (Lipinski definition) is 3. The predicted molar refractivity (Wildman–Crippen MR) is 61.9 cm³/mol. The summed E-state index contributed by atoms with van der Waals surface area (Å²) >= 11 is 0. The molecule has 1 aromatic rings. The van der Waals surface area contributed by atoms with Crippen molar-refractivity contribution in [1.29, 1.82) is 0 Å². The highest BCUT2D eigenvalue weighted by atomic mass is 35.5. The third-order valence-electron chi connectivity index (χ3n) is 2.09. The van der Waals surface area contributed by atoms with Crippen LogP contribution in [-0.2, 0) is 16.1 Å². The van der Waals surface area contributed by atoms with E-state index in [9.17, 15) is 4.79 Å². The van der Waals surface area contributed by atoms with Crippen molar-refractivity contribution in [2.45, 2.75) is 26.3 Å². The molecule has 0 aliphatic rings. The second-order valence-electron chi connectivity index (χ2n) is 3.32. The van der Waals surface area contributed by atoms with Crippen LogP contribution in [0.4, 0.5) is 0 Å². The van der Waals surface area contributed by atoms with E-state index in [0.717, 1.165) is 25.2 Å². The van der Waals surface area contributed by atoms with Gasteiger partial charge < -0.3 is 14.4 Å². The summed E-state index contributed by atoms with van der Waals surface area (Å²) < 4.78 is 6.99. The molecule has 1 rings (SSSR count). The molecule has 1 aromatic heterocycles. The number of carboxylic acids is 1. The Labute approximate surface area is 101 Å². The Morgan fingerprint density at radius 1 is 1.56 bits per heavy atom. The maximum atomic E-state index is 10.1. The van der Waals surface area contributed by atoms with Crippen molar-refractivity contribution in [2.75, 3.05) is 13.2 Å². The van der Waals surface area contributed by atoms with Gasteiger partial charge in [-0.1, -0.05) is 0 Å². The van der Waals surface area contributed by atoms with Gasteiger partial charge in [0.15, 0.2) is 0 Å². The van der Waals surface area contributed by atoms with Crippen LogP contribution in [0.25, 0.3) is 0 Å². The molecule has 16 heavy (non-hydrogen) atoms. The molecule has 1 N–H and O–H groups in total. The molecule has 5 nitrogen and oxygen atoms in total. The molecule has 0 unspecified atom stereocenters. The van der Waals surface area contributed by atoms with Crippen LogP contribution in [0.15, 0.2) is 12.4 Å². The molecule has 0 bridgehead atoms. The summed E-state index contributed by atoms with van der Waals surface area (Å²) in [7, 11) is 0. The van der Waals surface area contributed by atoms with Gasteiger partial charge in [0.2, 0.25) is 0 Å². The van der Waals surface area contributed by atoms with Gasteiger partial charge in [-0.3, -0.25) is 0 Å². The van der Waals surface area contributed by atoms with Crippen LogP contribution < -0.4 is 0 Å². The van der Waals surface area contributed by atoms with Crippen molar-refractivity contribution in [3.05, 3.63) is 18.2 Å². The van der Waals surface area contributed by atoms with Gasteiger partial charge in [-0.15, -0.1) is 12.4 Å². The third-order valence-corrected chi connectivity index (χ3v) is 2.09. The average molecular weight is 249 g/mol. The normalized spacial score (nSPS) is 9.81. The maximum absolute atomic E-state index is 10.1. The lowest BCUT2D eigenvalue weighted by Crippen LogP contribution is -2.08. The number of carboxylic acid groups (broad SMARTS) is 1. The first kappa shape index (κ1) is 14.9. The number of imidazole rings is 1. The number of ether oxygens (including phenoxy) is 1. The van der Waals surface area contributed by atoms with Gasteiger partial charge >= 0.3 is 5.97 Å². The SMILES string of the molecule is Cc1nccn1CCCCOCC(=O)O.Cl. The van der Waals surface area contributed by atoms with Crippen LogP contribution in [0.2, 0.25) is 0 Å². The topological polar surface area (TPSA) is 64.4 Å². The van der Waals surface area contributed by atoms with Crippen LogP contribution in [0, 0.1) is 6.92 Å². The van der Waals surface area contributed by atoms with E-state index in [1.165, 1.54) is 0 Å². The number of hydrogen-bond donors (Lipinski definition) is 1. The summed E-state index contributed by atoms with van der Waals surface area (Å²) in [6.07, 6.45) is 5.55. The first-order chi connectivity index (χ1) is 7.20. The van der Waals surface area contributed by atoms with E-state index < -0.39 is 5.97 Å². The number of unbranched alkanes of at least 4 members (excludes halogenated alkanes) is 1. The van der Waals surface area contributed by atoms with E-state index in [-0.39, 0.29) is 19.0 Å². The molecule has 0 amide bonds. The summed E-state index contributed by atoms with van der Waals surface area (Å²) in [4.78, 5) is 14.2. The highest BCUT2D eigenvalue weighted by Gasteiger charge is 1.98. The molecule has 0 aliphatic carbocycles. The fourth-order valence-electron chi connectivity index (χ4n) is 1.29. The second-order valence-corrected chi connectivity index (χ2v) is 3.32. The van der Waals surface area contributed by atoms with Crippen molar-refractivity contribution in [3.63, 3.8) is 0 Å². The third kappa shape index (κ3) is 5.72. The fraction of sp³-hybridized carbons (Fsp3) is 0.600. The number of aryl methyl sites for hydroxylation is 2. The van der Waals surface area contributed by atoms with Gasteiger partial charge in [0.1, 0.15) is 12.4 Å². The molecule has 0 saturated carbocycles. The van der Waals surface area contributed by atoms with Crippen LogP contribution in [-0.4, -0.2) is 33.8 Å². The first-order valence-corrected chi connectivity index (χ1v) is 4.97. The van der Waals surface area contributed by atoms with Crippen molar-refractivity contribution in [1.82, 2.24) is 9.55 Å². The number of nitrogens with zero attached hydrogens (tertiary/aromatic N) is 2. The number of carbonyl (C=O) groups is 1. The van der Waals surface area contributed by atoms with Gasteiger partial charge in [-0.05, 0) is 19.8 Å². The van der Waals surface area contributed by atoms with E-state index in [0.29, 0.717) is 6.61 Å². The Balaban J connectivity index is 0.00000225. The Kier molecular flexibility index (Phi) is 7.58. The monoisotopic (exact) mass is 248 g/mol. The Hall–Kier alpha value is -1.07. The molecule has 0 spiro atoms. The van der Waals surface area contributed by atoms with E-state index in [1.54, 1.807) is 6.20 Å². The minimum absolute atomic E-state index is 0. The molecular formula is C10H17ClN2O3. The molecule has 0 saturated heterocycles. The largest absolute Gasteiger partial charge is 0.480 e. The van der Waals surface area contributed by atoms with E-state index in [2.05, 4.69) is 9.55 Å². The molecule has 0 atom stereocenters. The zero-order chi connectivity index (χ0) is 11.1. The smallest absolute Gasteiger partial charge is 0.329 e. The predicted octanol–water partition coefficient (Wildman–Crippen LogP) is 1.49. The molecule has 0 aromatic carbocycles. The van der Waals surface area contributed by atoms with Crippen LogP contribution in [0.1, 0.15) is 18.7 Å². The minimum Gasteiger partial charge on any atom is -0.480 e. The highest BCUT2D eigenvalue weighted by Crippen LogP contribution is 1.99. The highest BCUT2D eigenvalue weighted by molar-refractivity contribution is 5.85. The van der Waals surface area contributed by atoms with Crippen molar-refractivity contribution in [3.8, 4) is 0 Å². The van der Waals surface area contributed by atoms with Gasteiger partial charge in [0.05, 0.1) is 0 Å². The first-order valence-electron chi connectivity index (χ1n) is 4.97. The van der Waals surface area contributed by atoms with Crippen molar-refractivity contribution < 1.29 is 14.6 Å². The summed E-state index contributed by atoms with van der Waals surface area (Å²) in [5.74, 6) is 0.0851. The van der Waals surface area contributed by atoms with Crippen molar-refractivity contribution in [2.24, 2.45) is 0 Å². The van der Waals surface area contributed by atoms with E-state index in [1.807, 2.05) is 13.1 Å². The van der Waals surface area contributed by atoms with Gasteiger partial charge in [0, 0.05) is 25.5 Å². The number of rotatable bonds is 7. The molecular weight excluding hydrogens is 232 g/mol. The Bertz CT molecular complexity index is 315. The van der Waals surface area contributed by atoms with Gasteiger partial charge in [-0.2, -0.15) is 0 Å². The number of halogens is 1. The van der Waals surface area contributed by atoms with Crippen LogP contribution in [0.3, 0.4) is 0 Å². The van der Waals surface area contributed by atoms with E-state index >= 15 is 0 Å². The van der Waals surface area contributed by atoms with Crippen LogP contribution >= 0.6 is 12.4 Å². The molecule has 0 radical (unpaired) electrons. The number of aromatic nitrogens is 2. The molecule has 0 aliphatic heterocycles. The minimum atomic E-state index is -0.916. The Morgan fingerprint density at radius 2 is 2.31 bits per heavy atom. The number of aliphatic carboxylic acids is 1. The summed E-state index contributed by atoms with van der Waals surface area (Å²) in [6, 6.07) is 0. The zero-order valence-electron chi connectivity index (χ0n) is 9.26. The Morgan fingerprint density at radius 3 is 2.88 bits per heavy atom. The van der Waals surface area contributed by atoms with Gasteiger partial charge in [0.25, 0.3) is 0 Å². The summed E-state index contributed by atoms with van der Waals surface area (Å²) in [5, 5.41) is 8.32. The van der Waals surface area contributed by atoms with Crippen molar-refractivity contribution >= 4 is 18.4 Å². The lowest BCUT2D eigenvalue weighted by atomic mass is 10.3. The maximum Gasteiger partial charge on any atom is 0.329 e. The molecule has 1 heterocycles. The summed E-state index contributed by atoms with van der Waals surface area (Å²) in [6.45, 7) is 3.16. The fourth-order valence-corrected chi connectivity index (χ4v) is 1.29. The lowest BCUT2D eigenvalue weighted by molar-refractivity contribution is -0.142. The second kappa shape index (κ2) is 8.13. The lowest BCUT2D eigenvalue weighted by Gasteiger charge is -2.04. The van der Waals surface area contributed by atoms with Gasteiger partial charge in [-0.25, -0.2) is 9.78 Å². The van der Waals surface area contributed by atoms with Crippen LogP contribution in [0.5, 0.6) is 0 Å².